The minimum atomic E-state index is -1.03. The first kappa shape index (κ1) is 16.7. The predicted octanol–water partition coefficient (Wildman–Crippen LogP) is 3.17. The minimum Gasteiger partial charge on any atom is -0.478 e. The van der Waals surface area contributed by atoms with Gasteiger partial charge in [-0.25, -0.2) is 4.79 Å². The highest BCUT2D eigenvalue weighted by Gasteiger charge is 2.15. The lowest BCUT2D eigenvalue weighted by molar-refractivity contribution is -0.144. The van der Waals surface area contributed by atoms with E-state index in [2.05, 4.69) is 6.92 Å². The second kappa shape index (κ2) is 9.68. The lowest BCUT2D eigenvalue weighted by atomic mass is 9.95. The van der Waals surface area contributed by atoms with Crippen LogP contribution in [0.4, 0.5) is 0 Å². The van der Waals surface area contributed by atoms with Crippen LogP contribution in [0.1, 0.15) is 52.9 Å². The Morgan fingerprint density at radius 1 is 1.28 bits per heavy atom. The summed E-state index contributed by atoms with van der Waals surface area (Å²) >= 11 is 0. The summed E-state index contributed by atoms with van der Waals surface area (Å²) in [6.07, 6.45) is 5.58. The lowest BCUT2D eigenvalue weighted by Crippen LogP contribution is -2.12. The summed E-state index contributed by atoms with van der Waals surface area (Å²) in [6, 6.07) is 0. The van der Waals surface area contributed by atoms with Crippen LogP contribution in [0.25, 0.3) is 0 Å². The van der Waals surface area contributed by atoms with E-state index in [0.29, 0.717) is 0 Å². The van der Waals surface area contributed by atoms with Gasteiger partial charge < -0.3 is 9.84 Å². The van der Waals surface area contributed by atoms with Crippen LogP contribution >= 0.6 is 0 Å². The molecular formula is C14H24O4. The SMILES string of the molecule is CCCCC(C=C(CC(=O)OCC)C(=O)O)CC. The lowest BCUT2D eigenvalue weighted by Gasteiger charge is -2.11. The van der Waals surface area contributed by atoms with Gasteiger partial charge in [0.2, 0.25) is 0 Å². The largest absolute Gasteiger partial charge is 0.478 e. The molecule has 0 aliphatic carbocycles. The fourth-order valence-corrected chi connectivity index (χ4v) is 1.73. The van der Waals surface area contributed by atoms with E-state index in [0.717, 1.165) is 25.7 Å². The van der Waals surface area contributed by atoms with E-state index in [1.165, 1.54) is 0 Å². The van der Waals surface area contributed by atoms with Gasteiger partial charge in [-0.2, -0.15) is 0 Å². The van der Waals surface area contributed by atoms with E-state index < -0.39 is 11.9 Å². The number of carboxylic acid groups (broad SMARTS) is 1. The van der Waals surface area contributed by atoms with Gasteiger partial charge in [-0.3, -0.25) is 4.79 Å². The van der Waals surface area contributed by atoms with Crippen LogP contribution < -0.4 is 0 Å². The Labute approximate surface area is 109 Å². The molecule has 0 saturated carbocycles. The van der Waals surface area contributed by atoms with Crippen LogP contribution in [0, 0.1) is 5.92 Å². The molecule has 104 valence electrons. The van der Waals surface area contributed by atoms with Crippen molar-refractivity contribution in [1.82, 2.24) is 0 Å². The summed E-state index contributed by atoms with van der Waals surface area (Å²) in [7, 11) is 0. The number of allylic oxidation sites excluding steroid dienone is 1. The quantitative estimate of drug-likeness (QED) is 0.508. The molecule has 0 spiro atoms. The standard InChI is InChI=1S/C14H24O4/c1-4-7-8-11(5-2)9-12(14(16)17)10-13(15)18-6-3/h9,11H,4-8,10H2,1-3H3,(H,16,17). The molecule has 0 bridgehead atoms. The number of carbonyl (C=O) groups excluding carboxylic acids is 1. The third-order valence-corrected chi connectivity index (χ3v) is 2.80. The van der Waals surface area contributed by atoms with Crippen molar-refractivity contribution in [2.75, 3.05) is 6.61 Å². The topological polar surface area (TPSA) is 63.6 Å². The van der Waals surface area contributed by atoms with Crippen molar-refractivity contribution in [2.45, 2.75) is 52.9 Å². The second-order valence-corrected chi connectivity index (χ2v) is 4.29. The van der Waals surface area contributed by atoms with Gasteiger partial charge in [-0.15, -0.1) is 0 Å². The van der Waals surface area contributed by atoms with E-state index >= 15 is 0 Å². The highest BCUT2D eigenvalue weighted by molar-refractivity contribution is 5.92. The van der Waals surface area contributed by atoms with Crippen LogP contribution in [0.5, 0.6) is 0 Å². The molecule has 0 radical (unpaired) electrons. The molecule has 1 unspecified atom stereocenters. The Morgan fingerprint density at radius 3 is 2.39 bits per heavy atom. The molecule has 4 heteroatoms. The number of unbranched alkanes of at least 4 members (excludes halogenated alkanes) is 1. The van der Waals surface area contributed by atoms with E-state index in [1.807, 2.05) is 6.92 Å². The third-order valence-electron chi connectivity index (χ3n) is 2.80. The maximum Gasteiger partial charge on any atom is 0.331 e. The number of carboxylic acids is 1. The average Bonchev–Trinajstić information content (AvgIpc) is 2.33. The number of hydrogen-bond donors (Lipinski definition) is 1. The zero-order chi connectivity index (χ0) is 14.0. The van der Waals surface area contributed by atoms with Crippen molar-refractivity contribution in [3.05, 3.63) is 11.6 Å². The Kier molecular flexibility index (Phi) is 8.97. The molecule has 0 aromatic rings. The number of carbonyl (C=O) groups is 2. The summed E-state index contributed by atoms with van der Waals surface area (Å²) in [6.45, 7) is 6.12. The predicted molar refractivity (Wildman–Crippen MR) is 70.3 cm³/mol. The molecule has 0 heterocycles. The van der Waals surface area contributed by atoms with Gasteiger partial charge in [0.15, 0.2) is 0 Å². The molecule has 1 N–H and O–H groups in total. The molecule has 1 atom stereocenters. The molecule has 0 aromatic carbocycles. The molecule has 0 rings (SSSR count). The summed E-state index contributed by atoms with van der Waals surface area (Å²) in [5.74, 6) is -1.28. The summed E-state index contributed by atoms with van der Waals surface area (Å²) in [5, 5.41) is 9.08. The highest BCUT2D eigenvalue weighted by Crippen LogP contribution is 2.18. The van der Waals surface area contributed by atoms with Gasteiger partial charge in [0.05, 0.1) is 13.0 Å². The maximum absolute atomic E-state index is 11.3. The van der Waals surface area contributed by atoms with Crippen LogP contribution in [-0.2, 0) is 14.3 Å². The number of rotatable bonds is 9. The van der Waals surface area contributed by atoms with Crippen molar-refractivity contribution in [1.29, 1.82) is 0 Å². The van der Waals surface area contributed by atoms with Gasteiger partial charge in [-0.05, 0) is 25.7 Å². The zero-order valence-electron chi connectivity index (χ0n) is 11.6. The van der Waals surface area contributed by atoms with E-state index in [-0.39, 0.29) is 24.5 Å². The third kappa shape index (κ3) is 7.09. The van der Waals surface area contributed by atoms with E-state index in [1.54, 1.807) is 13.0 Å². The van der Waals surface area contributed by atoms with E-state index in [9.17, 15) is 9.59 Å². The molecule has 0 aromatic heterocycles. The first-order valence-corrected chi connectivity index (χ1v) is 6.64. The number of aliphatic carboxylic acids is 1. The first-order chi connectivity index (χ1) is 8.54. The zero-order valence-corrected chi connectivity index (χ0v) is 11.6. The van der Waals surface area contributed by atoms with Gasteiger partial charge >= 0.3 is 11.9 Å². The Hall–Kier alpha value is -1.32. The number of ether oxygens (including phenoxy) is 1. The fraction of sp³-hybridized carbons (Fsp3) is 0.714. The van der Waals surface area contributed by atoms with Crippen molar-refractivity contribution in [3.8, 4) is 0 Å². The fourth-order valence-electron chi connectivity index (χ4n) is 1.73. The summed E-state index contributed by atoms with van der Waals surface area (Å²) in [4.78, 5) is 22.4. The van der Waals surface area contributed by atoms with Crippen LogP contribution in [-0.4, -0.2) is 23.7 Å². The van der Waals surface area contributed by atoms with Crippen LogP contribution in [0.15, 0.2) is 11.6 Å². The molecule has 0 saturated heterocycles. The number of hydrogen-bond acceptors (Lipinski definition) is 3. The Morgan fingerprint density at radius 2 is 1.94 bits per heavy atom. The maximum atomic E-state index is 11.3. The van der Waals surface area contributed by atoms with E-state index in [4.69, 9.17) is 9.84 Å². The average molecular weight is 256 g/mol. The molecule has 0 aliphatic rings. The van der Waals surface area contributed by atoms with Crippen LogP contribution in [0.2, 0.25) is 0 Å². The normalized spacial score (nSPS) is 13.2. The molecule has 0 aliphatic heterocycles. The summed E-state index contributed by atoms with van der Waals surface area (Å²) < 4.78 is 4.78. The van der Waals surface area contributed by atoms with Gasteiger partial charge in [0.25, 0.3) is 0 Å². The number of esters is 1. The smallest absolute Gasteiger partial charge is 0.331 e. The Bertz CT molecular complexity index is 294. The van der Waals surface area contributed by atoms with Crippen LogP contribution in [0.3, 0.4) is 0 Å². The first-order valence-electron chi connectivity index (χ1n) is 6.64. The van der Waals surface area contributed by atoms with Gasteiger partial charge in [0.1, 0.15) is 0 Å². The summed E-state index contributed by atoms with van der Waals surface area (Å²) in [5.41, 5.74) is 0.149. The van der Waals surface area contributed by atoms with Gasteiger partial charge in [-0.1, -0.05) is 32.8 Å². The Balaban J connectivity index is 4.63. The molecule has 4 nitrogen and oxygen atoms in total. The molecule has 18 heavy (non-hydrogen) atoms. The monoisotopic (exact) mass is 256 g/mol. The molecule has 0 amide bonds. The molecule has 0 fully saturated rings. The van der Waals surface area contributed by atoms with Crippen molar-refractivity contribution in [3.63, 3.8) is 0 Å². The van der Waals surface area contributed by atoms with Crippen molar-refractivity contribution in [2.24, 2.45) is 5.92 Å². The van der Waals surface area contributed by atoms with Crippen molar-refractivity contribution >= 4 is 11.9 Å². The minimum absolute atomic E-state index is 0.147. The highest BCUT2D eigenvalue weighted by atomic mass is 16.5. The second-order valence-electron chi connectivity index (χ2n) is 4.29. The van der Waals surface area contributed by atoms with Crippen molar-refractivity contribution < 1.29 is 19.4 Å². The van der Waals surface area contributed by atoms with Gasteiger partial charge in [0, 0.05) is 5.57 Å². The molecular weight excluding hydrogens is 232 g/mol.